The fourth-order valence-corrected chi connectivity index (χ4v) is 1.32. The summed E-state index contributed by atoms with van der Waals surface area (Å²) < 4.78 is 1.31. The van der Waals surface area contributed by atoms with Gasteiger partial charge in [-0.15, -0.1) is 0 Å². The second-order valence-electron chi connectivity index (χ2n) is 1.76. The standard InChI is InChI=1S/C7H7.Pt/c1-7-5-3-2-4-6-7;/h2-3,5-6H,1H3;. The van der Waals surface area contributed by atoms with E-state index in [4.69, 9.17) is 0 Å². The molecule has 0 radical (unpaired) electrons. The van der Waals surface area contributed by atoms with Gasteiger partial charge in [-0.3, -0.25) is 0 Å². The molecule has 0 aliphatic rings. The molecule has 0 saturated heterocycles. The van der Waals surface area contributed by atoms with Crippen molar-refractivity contribution < 1.29 is 19.8 Å². The molecule has 0 nitrogen and oxygen atoms in total. The molecule has 1 heteroatoms. The summed E-state index contributed by atoms with van der Waals surface area (Å²) >= 11 is 2.29. The quantitative estimate of drug-likeness (QED) is 0.671. The van der Waals surface area contributed by atoms with Crippen molar-refractivity contribution in [2.75, 3.05) is 0 Å². The zero-order chi connectivity index (χ0) is 5.98. The van der Waals surface area contributed by atoms with Crippen LogP contribution in [0.15, 0.2) is 24.3 Å². The molecule has 8 heavy (non-hydrogen) atoms. The van der Waals surface area contributed by atoms with Gasteiger partial charge in [-0.1, -0.05) is 0 Å². The average molecular weight is 286 g/mol. The van der Waals surface area contributed by atoms with Crippen LogP contribution in [0.25, 0.3) is 0 Å². The van der Waals surface area contributed by atoms with Crippen LogP contribution in [-0.4, -0.2) is 0 Å². The predicted octanol–water partition coefficient (Wildman–Crippen LogP) is 1.17. The molecule has 1 aromatic rings. The van der Waals surface area contributed by atoms with Crippen LogP contribution in [0.5, 0.6) is 0 Å². The first kappa shape index (κ1) is 6.03. The second-order valence-corrected chi connectivity index (χ2v) is 3.08. The van der Waals surface area contributed by atoms with Crippen molar-refractivity contribution in [3.8, 4) is 0 Å². The number of hydrogen-bond donors (Lipinski definition) is 0. The van der Waals surface area contributed by atoms with E-state index < -0.39 is 0 Å². The monoisotopic (exact) mass is 286 g/mol. The van der Waals surface area contributed by atoms with E-state index in [-0.39, 0.29) is 0 Å². The normalized spacial score (nSPS) is 9.38. The molecule has 45 valence electrons. The van der Waals surface area contributed by atoms with Crippen molar-refractivity contribution in [2.24, 2.45) is 0 Å². The Labute approximate surface area is 60.8 Å². The van der Waals surface area contributed by atoms with Gasteiger partial charge in [0.1, 0.15) is 0 Å². The van der Waals surface area contributed by atoms with E-state index in [0.29, 0.717) is 0 Å². The molecule has 1 rings (SSSR count). The molecular weight excluding hydrogens is 279 g/mol. The number of rotatable bonds is 0. The first-order valence-electron chi connectivity index (χ1n) is 2.48. The third-order valence-electron chi connectivity index (χ3n) is 0.961. The maximum absolute atomic E-state index is 2.29. The van der Waals surface area contributed by atoms with Gasteiger partial charge in [0.25, 0.3) is 0 Å². The van der Waals surface area contributed by atoms with E-state index in [2.05, 4.69) is 51.0 Å². The zero-order valence-electron chi connectivity index (χ0n) is 4.63. The Balaban J connectivity index is 3.08. The van der Waals surface area contributed by atoms with Gasteiger partial charge < -0.3 is 0 Å². The third-order valence-corrected chi connectivity index (χ3v) is 1.67. The average Bonchev–Trinajstić information content (AvgIpc) is 1.64. The topological polar surface area (TPSA) is 0 Å². The molecule has 1 aromatic carbocycles. The SMILES string of the molecule is Cc1ccc[c]([Pt])c1. The summed E-state index contributed by atoms with van der Waals surface area (Å²) in [5.41, 5.74) is 1.33. The Morgan fingerprint density at radius 2 is 2.12 bits per heavy atom. The summed E-state index contributed by atoms with van der Waals surface area (Å²) in [7, 11) is 0. The zero-order valence-corrected chi connectivity index (χ0v) is 6.90. The second kappa shape index (κ2) is 2.46. The van der Waals surface area contributed by atoms with Crippen LogP contribution >= 0.6 is 0 Å². The third kappa shape index (κ3) is 1.45. The number of benzene rings is 1. The minimum absolute atomic E-state index is 1.31. The number of hydrogen-bond acceptors (Lipinski definition) is 0. The minimum atomic E-state index is 1.31. The molecular formula is C7H7Pt. The van der Waals surface area contributed by atoms with E-state index in [0.717, 1.165) is 0 Å². The van der Waals surface area contributed by atoms with Crippen molar-refractivity contribution in [3.05, 3.63) is 29.8 Å². The van der Waals surface area contributed by atoms with Gasteiger partial charge in [-0.2, -0.15) is 0 Å². The van der Waals surface area contributed by atoms with E-state index >= 15 is 0 Å². The molecule has 0 atom stereocenters. The Morgan fingerprint density at radius 3 is 2.50 bits per heavy atom. The summed E-state index contributed by atoms with van der Waals surface area (Å²) in [6, 6.07) is 8.41. The Kier molecular flexibility index (Phi) is 1.85. The molecule has 0 aromatic heterocycles. The van der Waals surface area contributed by atoms with Gasteiger partial charge in [-0.25, -0.2) is 0 Å². The van der Waals surface area contributed by atoms with Crippen LogP contribution in [-0.2, 0) is 19.8 Å². The summed E-state index contributed by atoms with van der Waals surface area (Å²) in [4.78, 5) is 0. The first-order chi connectivity index (χ1) is 3.79. The van der Waals surface area contributed by atoms with Crippen molar-refractivity contribution in [3.63, 3.8) is 0 Å². The van der Waals surface area contributed by atoms with Crippen LogP contribution in [0, 0.1) is 6.92 Å². The first-order valence-corrected chi connectivity index (χ1v) is 3.62. The van der Waals surface area contributed by atoms with E-state index in [1.807, 2.05) is 0 Å². The maximum atomic E-state index is 2.29. The van der Waals surface area contributed by atoms with Crippen LogP contribution < -0.4 is 3.95 Å². The Morgan fingerprint density at radius 1 is 1.38 bits per heavy atom. The van der Waals surface area contributed by atoms with Crippen LogP contribution in [0.1, 0.15) is 5.56 Å². The Hall–Kier alpha value is -0.0917. The molecule has 0 fully saturated rings. The summed E-state index contributed by atoms with van der Waals surface area (Å²) in [5, 5.41) is 0. The van der Waals surface area contributed by atoms with Gasteiger partial charge in [0.05, 0.1) is 0 Å². The van der Waals surface area contributed by atoms with Crippen LogP contribution in [0.4, 0.5) is 0 Å². The fraction of sp³-hybridized carbons (Fsp3) is 0.143. The van der Waals surface area contributed by atoms with Crippen molar-refractivity contribution in [1.82, 2.24) is 0 Å². The van der Waals surface area contributed by atoms with E-state index in [1.54, 1.807) is 0 Å². The number of aryl methyl sites for hydroxylation is 1. The van der Waals surface area contributed by atoms with Crippen molar-refractivity contribution in [1.29, 1.82) is 0 Å². The van der Waals surface area contributed by atoms with Gasteiger partial charge in [0, 0.05) is 0 Å². The molecule has 0 heterocycles. The van der Waals surface area contributed by atoms with Gasteiger partial charge in [0.2, 0.25) is 0 Å². The van der Waals surface area contributed by atoms with Gasteiger partial charge in [0.15, 0.2) is 0 Å². The molecule has 0 bridgehead atoms. The van der Waals surface area contributed by atoms with Gasteiger partial charge in [-0.05, 0) is 0 Å². The van der Waals surface area contributed by atoms with Crippen molar-refractivity contribution >= 4 is 3.95 Å². The van der Waals surface area contributed by atoms with Crippen molar-refractivity contribution in [2.45, 2.75) is 6.92 Å². The van der Waals surface area contributed by atoms with E-state index in [1.165, 1.54) is 9.52 Å². The molecule has 0 N–H and O–H groups in total. The summed E-state index contributed by atoms with van der Waals surface area (Å²) in [6.07, 6.45) is 0. The molecule has 0 aliphatic heterocycles. The summed E-state index contributed by atoms with van der Waals surface area (Å²) in [5.74, 6) is 0. The van der Waals surface area contributed by atoms with Gasteiger partial charge >= 0.3 is 60.5 Å². The van der Waals surface area contributed by atoms with E-state index in [9.17, 15) is 0 Å². The summed E-state index contributed by atoms with van der Waals surface area (Å²) in [6.45, 7) is 2.10. The molecule has 0 unspecified atom stereocenters. The predicted molar refractivity (Wildman–Crippen MR) is 30.8 cm³/mol. The Bertz CT molecular complexity index is 164. The van der Waals surface area contributed by atoms with Crippen LogP contribution in [0.3, 0.4) is 0 Å². The fourth-order valence-electron chi connectivity index (χ4n) is 0.586. The molecule has 0 spiro atoms. The molecule has 0 aliphatic carbocycles. The molecule has 0 saturated carbocycles. The van der Waals surface area contributed by atoms with Crippen LogP contribution in [0.2, 0.25) is 0 Å². The molecule has 0 amide bonds.